The van der Waals surface area contributed by atoms with E-state index in [1.807, 2.05) is 36.4 Å². The number of aromatic hydroxyl groups is 1. The molecule has 0 bridgehead atoms. The van der Waals surface area contributed by atoms with Gasteiger partial charge in [-0.25, -0.2) is 4.99 Å². The minimum Gasteiger partial charge on any atom is -0.508 e. The van der Waals surface area contributed by atoms with Crippen LogP contribution >= 0.6 is 24.0 Å². The topological polar surface area (TPSA) is 70.6 Å². The second kappa shape index (κ2) is 7.63. The van der Waals surface area contributed by atoms with Crippen molar-refractivity contribution in [3.8, 4) is 5.75 Å². The van der Waals surface area contributed by atoms with Gasteiger partial charge in [-0.3, -0.25) is 0 Å². The molecule has 0 aliphatic rings. The summed E-state index contributed by atoms with van der Waals surface area (Å²) in [5.74, 6) is 0.585. The number of anilines is 1. The van der Waals surface area contributed by atoms with Crippen molar-refractivity contribution >= 4 is 35.6 Å². The molecule has 100 valence electrons. The Morgan fingerprint density at radius 3 is 2.53 bits per heavy atom. The van der Waals surface area contributed by atoms with Gasteiger partial charge in [0.2, 0.25) is 0 Å². The first-order valence-electron chi connectivity index (χ1n) is 5.64. The third kappa shape index (κ3) is 5.17. The van der Waals surface area contributed by atoms with E-state index in [9.17, 15) is 5.11 Å². The summed E-state index contributed by atoms with van der Waals surface area (Å²) in [6, 6.07) is 16.6. The molecule has 0 fully saturated rings. The number of para-hydroxylation sites is 1. The van der Waals surface area contributed by atoms with Crippen LogP contribution in [0, 0.1) is 0 Å². The van der Waals surface area contributed by atoms with E-state index in [1.54, 1.807) is 18.2 Å². The lowest BCUT2D eigenvalue weighted by Crippen LogP contribution is -2.22. The monoisotopic (exact) mass is 369 g/mol. The summed E-state index contributed by atoms with van der Waals surface area (Å²) in [5.41, 5.74) is 7.58. The van der Waals surface area contributed by atoms with Gasteiger partial charge in [0.1, 0.15) is 5.75 Å². The minimum atomic E-state index is 0. The van der Waals surface area contributed by atoms with Crippen molar-refractivity contribution in [3.63, 3.8) is 0 Å². The zero-order valence-corrected chi connectivity index (χ0v) is 12.6. The van der Waals surface area contributed by atoms with Gasteiger partial charge < -0.3 is 16.2 Å². The number of hydrogen-bond acceptors (Lipinski definition) is 2. The molecule has 0 amide bonds. The van der Waals surface area contributed by atoms with Crippen molar-refractivity contribution in [1.82, 2.24) is 0 Å². The SMILES string of the molecule is I.NC(=NCc1cccc(O)c1)Nc1ccccc1. The normalized spacial score (nSPS) is 10.6. The molecular formula is C14H16IN3O. The van der Waals surface area contributed by atoms with Crippen LogP contribution in [0.15, 0.2) is 59.6 Å². The highest BCUT2D eigenvalue weighted by Gasteiger charge is 1.95. The van der Waals surface area contributed by atoms with Crippen molar-refractivity contribution in [2.24, 2.45) is 10.7 Å². The molecule has 4 nitrogen and oxygen atoms in total. The molecule has 2 aromatic carbocycles. The quantitative estimate of drug-likeness (QED) is 0.443. The van der Waals surface area contributed by atoms with Crippen molar-refractivity contribution in [2.45, 2.75) is 6.54 Å². The minimum absolute atomic E-state index is 0. The van der Waals surface area contributed by atoms with Gasteiger partial charge in [-0.1, -0.05) is 30.3 Å². The maximum atomic E-state index is 9.32. The van der Waals surface area contributed by atoms with E-state index in [0.717, 1.165) is 11.3 Å². The van der Waals surface area contributed by atoms with E-state index in [0.29, 0.717) is 12.5 Å². The van der Waals surface area contributed by atoms with Crippen LogP contribution in [0.3, 0.4) is 0 Å². The number of aliphatic imine (C=N–C) groups is 1. The first kappa shape index (κ1) is 15.3. The van der Waals surface area contributed by atoms with E-state index in [-0.39, 0.29) is 29.7 Å². The first-order valence-corrected chi connectivity index (χ1v) is 5.64. The number of nitrogens with zero attached hydrogens (tertiary/aromatic N) is 1. The summed E-state index contributed by atoms with van der Waals surface area (Å²) < 4.78 is 0. The molecule has 0 unspecified atom stereocenters. The van der Waals surface area contributed by atoms with E-state index in [1.165, 1.54) is 0 Å². The number of guanidine groups is 1. The zero-order chi connectivity index (χ0) is 12.8. The van der Waals surface area contributed by atoms with Crippen molar-refractivity contribution in [2.75, 3.05) is 5.32 Å². The fourth-order valence-electron chi connectivity index (χ4n) is 1.54. The maximum absolute atomic E-state index is 9.32. The number of rotatable bonds is 3. The number of nitrogens with one attached hydrogen (secondary N) is 1. The lowest BCUT2D eigenvalue weighted by molar-refractivity contribution is 0.474. The smallest absolute Gasteiger partial charge is 0.193 e. The lowest BCUT2D eigenvalue weighted by Gasteiger charge is -2.05. The zero-order valence-electron chi connectivity index (χ0n) is 10.3. The molecule has 0 saturated carbocycles. The molecule has 19 heavy (non-hydrogen) atoms. The Bertz CT molecular complexity index is 543. The lowest BCUT2D eigenvalue weighted by atomic mass is 10.2. The second-order valence-electron chi connectivity index (χ2n) is 3.86. The first-order chi connectivity index (χ1) is 8.74. The van der Waals surface area contributed by atoms with Gasteiger partial charge in [-0.05, 0) is 29.8 Å². The molecule has 0 radical (unpaired) electrons. The molecule has 0 aromatic heterocycles. The number of phenols is 1. The van der Waals surface area contributed by atoms with Crippen LogP contribution in [0.1, 0.15) is 5.56 Å². The Morgan fingerprint density at radius 1 is 1.11 bits per heavy atom. The van der Waals surface area contributed by atoms with Gasteiger partial charge in [-0.2, -0.15) is 0 Å². The van der Waals surface area contributed by atoms with Crippen LogP contribution in [0.2, 0.25) is 0 Å². The van der Waals surface area contributed by atoms with Gasteiger partial charge >= 0.3 is 0 Å². The molecule has 0 saturated heterocycles. The van der Waals surface area contributed by atoms with Crippen LogP contribution in [0.25, 0.3) is 0 Å². The number of nitrogens with two attached hydrogens (primary N) is 1. The number of halogens is 1. The fourth-order valence-corrected chi connectivity index (χ4v) is 1.54. The molecule has 0 spiro atoms. The van der Waals surface area contributed by atoms with E-state index in [2.05, 4.69) is 10.3 Å². The predicted molar refractivity (Wildman–Crippen MR) is 88.9 cm³/mol. The number of benzene rings is 2. The van der Waals surface area contributed by atoms with Crippen molar-refractivity contribution in [3.05, 3.63) is 60.2 Å². The van der Waals surface area contributed by atoms with Gasteiger partial charge in [0.25, 0.3) is 0 Å². The molecule has 0 aliphatic carbocycles. The number of hydrogen-bond donors (Lipinski definition) is 3. The fraction of sp³-hybridized carbons (Fsp3) is 0.0714. The summed E-state index contributed by atoms with van der Waals surface area (Å²) >= 11 is 0. The van der Waals surface area contributed by atoms with Crippen LogP contribution in [0.5, 0.6) is 5.75 Å². The summed E-state index contributed by atoms with van der Waals surface area (Å²) in [7, 11) is 0. The molecule has 0 aliphatic heterocycles. The summed E-state index contributed by atoms with van der Waals surface area (Å²) in [6.45, 7) is 0.431. The third-order valence-corrected chi connectivity index (χ3v) is 2.39. The highest BCUT2D eigenvalue weighted by atomic mass is 127. The Hall–Kier alpha value is -1.76. The molecular weight excluding hydrogens is 353 g/mol. The summed E-state index contributed by atoms with van der Waals surface area (Å²) in [6.07, 6.45) is 0. The van der Waals surface area contributed by atoms with E-state index in [4.69, 9.17) is 5.73 Å². The van der Waals surface area contributed by atoms with Crippen LogP contribution in [-0.2, 0) is 6.54 Å². The molecule has 0 atom stereocenters. The van der Waals surface area contributed by atoms with Gasteiger partial charge in [0, 0.05) is 5.69 Å². The van der Waals surface area contributed by atoms with Gasteiger partial charge in [-0.15, -0.1) is 24.0 Å². The van der Waals surface area contributed by atoms with Gasteiger partial charge in [0.15, 0.2) is 5.96 Å². The summed E-state index contributed by atoms with van der Waals surface area (Å²) in [4.78, 5) is 4.20. The van der Waals surface area contributed by atoms with E-state index < -0.39 is 0 Å². The Labute approximate surface area is 129 Å². The van der Waals surface area contributed by atoms with Crippen LogP contribution in [-0.4, -0.2) is 11.1 Å². The highest BCUT2D eigenvalue weighted by Crippen LogP contribution is 2.11. The molecule has 0 heterocycles. The Kier molecular flexibility index (Phi) is 6.14. The average molecular weight is 369 g/mol. The maximum Gasteiger partial charge on any atom is 0.193 e. The molecule has 2 aromatic rings. The Morgan fingerprint density at radius 2 is 1.84 bits per heavy atom. The van der Waals surface area contributed by atoms with E-state index >= 15 is 0 Å². The van der Waals surface area contributed by atoms with Crippen molar-refractivity contribution < 1.29 is 5.11 Å². The van der Waals surface area contributed by atoms with Crippen LogP contribution < -0.4 is 11.1 Å². The molecule has 4 N–H and O–H groups in total. The standard InChI is InChI=1S/C14H15N3O.HI/c15-14(17-12-6-2-1-3-7-12)16-10-11-5-4-8-13(18)9-11;/h1-9,18H,10H2,(H3,15,16,17);1H. The number of phenolic OH excluding ortho intramolecular Hbond substituents is 1. The summed E-state index contributed by atoms with van der Waals surface area (Å²) in [5, 5.41) is 12.3. The van der Waals surface area contributed by atoms with Crippen molar-refractivity contribution in [1.29, 1.82) is 0 Å². The molecule has 2 rings (SSSR count). The largest absolute Gasteiger partial charge is 0.508 e. The predicted octanol–water partition coefficient (Wildman–Crippen LogP) is 2.94. The highest BCUT2D eigenvalue weighted by molar-refractivity contribution is 14.0. The average Bonchev–Trinajstić information content (AvgIpc) is 2.38. The van der Waals surface area contributed by atoms with Gasteiger partial charge in [0.05, 0.1) is 6.54 Å². The van der Waals surface area contributed by atoms with Crippen LogP contribution in [0.4, 0.5) is 5.69 Å². The third-order valence-electron chi connectivity index (χ3n) is 2.39. The molecule has 5 heteroatoms. The Balaban J connectivity index is 0.00000180. The second-order valence-corrected chi connectivity index (χ2v) is 3.86.